The molecule has 0 aliphatic heterocycles. The van der Waals surface area contributed by atoms with Gasteiger partial charge in [0.25, 0.3) is 0 Å². The summed E-state index contributed by atoms with van der Waals surface area (Å²) in [4.78, 5) is 12.1. The summed E-state index contributed by atoms with van der Waals surface area (Å²) in [5.74, 6) is 0.815. The highest BCUT2D eigenvalue weighted by Crippen LogP contribution is 2.22. The van der Waals surface area contributed by atoms with Crippen molar-refractivity contribution in [2.24, 2.45) is 0 Å². The van der Waals surface area contributed by atoms with E-state index in [1.165, 1.54) is 0 Å². The van der Waals surface area contributed by atoms with Gasteiger partial charge in [0.2, 0.25) is 0 Å². The number of aryl methyl sites for hydroxylation is 1. The first-order valence-corrected chi connectivity index (χ1v) is 7.43. The van der Waals surface area contributed by atoms with Crippen LogP contribution in [-0.4, -0.2) is 29.9 Å². The van der Waals surface area contributed by atoms with Gasteiger partial charge in [-0.2, -0.15) is 0 Å². The number of hydrogen-bond acceptors (Lipinski definition) is 3. The van der Waals surface area contributed by atoms with E-state index < -0.39 is 5.54 Å². The molecule has 21 heavy (non-hydrogen) atoms. The molecule has 0 aromatic heterocycles. The average Bonchev–Trinajstić information content (AvgIpc) is 2.48. The number of nitrogens with one attached hydrogen (secondary N) is 2. The molecule has 2 amide bonds. The third-order valence-corrected chi connectivity index (χ3v) is 3.77. The standard InChI is InChI=1S/C16H26N2O3/c1-5-16(6-2,11-19)18-15(20)17-13-8-9-14(21-7-3)12(4)10-13/h8-10,19H,5-7,11H2,1-4H3,(H2,17,18,20). The van der Waals surface area contributed by atoms with Crippen molar-refractivity contribution in [1.82, 2.24) is 5.32 Å². The zero-order valence-electron chi connectivity index (χ0n) is 13.3. The lowest BCUT2D eigenvalue weighted by Gasteiger charge is -2.30. The monoisotopic (exact) mass is 294 g/mol. The maximum Gasteiger partial charge on any atom is 0.319 e. The molecule has 0 atom stereocenters. The third-order valence-electron chi connectivity index (χ3n) is 3.77. The Morgan fingerprint density at radius 1 is 1.29 bits per heavy atom. The molecule has 1 rings (SSSR count). The van der Waals surface area contributed by atoms with Crippen LogP contribution in [0.2, 0.25) is 0 Å². The van der Waals surface area contributed by atoms with Crippen molar-refractivity contribution in [3.05, 3.63) is 23.8 Å². The largest absolute Gasteiger partial charge is 0.494 e. The summed E-state index contributed by atoms with van der Waals surface area (Å²) in [5.41, 5.74) is 1.10. The second-order valence-electron chi connectivity index (χ2n) is 5.14. The van der Waals surface area contributed by atoms with Gasteiger partial charge in [0.1, 0.15) is 5.75 Å². The van der Waals surface area contributed by atoms with E-state index in [2.05, 4.69) is 10.6 Å². The Morgan fingerprint density at radius 2 is 1.95 bits per heavy atom. The predicted molar refractivity (Wildman–Crippen MR) is 84.9 cm³/mol. The van der Waals surface area contributed by atoms with Gasteiger partial charge in [-0.05, 0) is 50.5 Å². The van der Waals surface area contributed by atoms with Crippen LogP contribution in [0.4, 0.5) is 10.5 Å². The zero-order valence-corrected chi connectivity index (χ0v) is 13.3. The molecule has 118 valence electrons. The lowest BCUT2D eigenvalue weighted by Crippen LogP contribution is -2.52. The fourth-order valence-electron chi connectivity index (χ4n) is 2.14. The fraction of sp³-hybridized carbons (Fsp3) is 0.562. The molecule has 5 heteroatoms. The van der Waals surface area contributed by atoms with Crippen molar-refractivity contribution in [3.8, 4) is 5.75 Å². The molecule has 0 fully saturated rings. The van der Waals surface area contributed by atoms with Crippen LogP contribution in [0.5, 0.6) is 5.75 Å². The zero-order chi connectivity index (χ0) is 15.9. The number of carbonyl (C=O) groups is 1. The van der Waals surface area contributed by atoms with Crippen LogP contribution < -0.4 is 15.4 Å². The van der Waals surface area contributed by atoms with Crippen LogP contribution in [0.3, 0.4) is 0 Å². The molecule has 0 heterocycles. The summed E-state index contributed by atoms with van der Waals surface area (Å²) in [7, 11) is 0. The Kier molecular flexibility index (Phi) is 6.49. The number of ether oxygens (including phenoxy) is 1. The molecular weight excluding hydrogens is 268 g/mol. The molecule has 0 radical (unpaired) electrons. The van der Waals surface area contributed by atoms with Crippen LogP contribution in [0.25, 0.3) is 0 Å². The molecule has 0 aliphatic carbocycles. The lowest BCUT2D eigenvalue weighted by atomic mass is 9.94. The molecule has 1 aromatic rings. The van der Waals surface area contributed by atoms with E-state index in [1.807, 2.05) is 39.8 Å². The number of hydrogen-bond donors (Lipinski definition) is 3. The second kappa shape index (κ2) is 7.88. The van der Waals surface area contributed by atoms with E-state index in [9.17, 15) is 9.90 Å². The van der Waals surface area contributed by atoms with Crippen LogP contribution in [0.15, 0.2) is 18.2 Å². The van der Waals surface area contributed by atoms with E-state index in [-0.39, 0.29) is 12.6 Å². The SMILES string of the molecule is CCOc1ccc(NC(=O)NC(CC)(CC)CO)cc1C. The number of amides is 2. The van der Waals surface area contributed by atoms with E-state index in [4.69, 9.17) is 4.74 Å². The Morgan fingerprint density at radius 3 is 2.43 bits per heavy atom. The van der Waals surface area contributed by atoms with Gasteiger partial charge in [0, 0.05) is 5.69 Å². The third kappa shape index (κ3) is 4.63. The highest BCUT2D eigenvalue weighted by molar-refractivity contribution is 5.90. The van der Waals surface area contributed by atoms with E-state index in [0.717, 1.165) is 11.3 Å². The quantitative estimate of drug-likeness (QED) is 0.724. The summed E-state index contributed by atoms with van der Waals surface area (Å²) in [5, 5.41) is 15.1. The maximum atomic E-state index is 12.1. The molecule has 0 aliphatic rings. The van der Waals surface area contributed by atoms with Gasteiger partial charge in [-0.15, -0.1) is 0 Å². The fourth-order valence-corrected chi connectivity index (χ4v) is 2.14. The number of urea groups is 1. The smallest absolute Gasteiger partial charge is 0.319 e. The number of anilines is 1. The number of aliphatic hydroxyl groups is 1. The molecule has 3 N–H and O–H groups in total. The predicted octanol–water partition coefficient (Wildman–Crippen LogP) is 3.07. The topological polar surface area (TPSA) is 70.6 Å². The van der Waals surface area contributed by atoms with E-state index in [1.54, 1.807) is 6.07 Å². The molecular formula is C16H26N2O3. The molecule has 0 spiro atoms. The Hall–Kier alpha value is -1.75. The van der Waals surface area contributed by atoms with Gasteiger partial charge in [0.15, 0.2) is 0 Å². The van der Waals surface area contributed by atoms with Crippen molar-refractivity contribution < 1.29 is 14.6 Å². The highest BCUT2D eigenvalue weighted by atomic mass is 16.5. The molecule has 0 saturated carbocycles. The molecule has 0 unspecified atom stereocenters. The number of benzene rings is 1. The summed E-state index contributed by atoms with van der Waals surface area (Å²) in [6.45, 7) is 8.30. The van der Waals surface area contributed by atoms with Gasteiger partial charge >= 0.3 is 6.03 Å². The minimum Gasteiger partial charge on any atom is -0.494 e. The van der Waals surface area contributed by atoms with Crippen LogP contribution in [-0.2, 0) is 0 Å². The summed E-state index contributed by atoms with van der Waals surface area (Å²) in [6.07, 6.45) is 1.35. The van der Waals surface area contributed by atoms with Crippen molar-refractivity contribution >= 4 is 11.7 Å². The summed E-state index contributed by atoms with van der Waals surface area (Å²) < 4.78 is 5.47. The Balaban J connectivity index is 2.73. The number of carbonyl (C=O) groups excluding carboxylic acids is 1. The first-order chi connectivity index (χ1) is 10.00. The van der Waals surface area contributed by atoms with E-state index in [0.29, 0.717) is 25.1 Å². The minimum atomic E-state index is -0.565. The lowest BCUT2D eigenvalue weighted by molar-refractivity contribution is 0.155. The number of rotatable bonds is 7. The first kappa shape index (κ1) is 17.3. The second-order valence-corrected chi connectivity index (χ2v) is 5.14. The van der Waals surface area contributed by atoms with Crippen molar-refractivity contribution in [3.63, 3.8) is 0 Å². The van der Waals surface area contributed by atoms with Gasteiger partial charge < -0.3 is 20.5 Å². The molecule has 0 saturated heterocycles. The van der Waals surface area contributed by atoms with Gasteiger partial charge in [0.05, 0.1) is 18.8 Å². The van der Waals surface area contributed by atoms with Crippen molar-refractivity contribution in [2.45, 2.75) is 46.1 Å². The summed E-state index contributed by atoms with van der Waals surface area (Å²) in [6, 6.07) is 5.20. The highest BCUT2D eigenvalue weighted by Gasteiger charge is 2.27. The molecule has 5 nitrogen and oxygen atoms in total. The van der Waals surface area contributed by atoms with Gasteiger partial charge in [-0.1, -0.05) is 13.8 Å². The number of aliphatic hydroxyl groups excluding tert-OH is 1. The average molecular weight is 294 g/mol. The van der Waals surface area contributed by atoms with Crippen molar-refractivity contribution in [2.75, 3.05) is 18.5 Å². The van der Waals surface area contributed by atoms with Gasteiger partial charge in [-0.3, -0.25) is 0 Å². The van der Waals surface area contributed by atoms with Crippen molar-refractivity contribution in [1.29, 1.82) is 0 Å². The molecule has 1 aromatic carbocycles. The summed E-state index contributed by atoms with van der Waals surface area (Å²) >= 11 is 0. The Labute approximate surface area is 126 Å². The van der Waals surface area contributed by atoms with Crippen LogP contribution in [0, 0.1) is 6.92 Å². The van der Waals surface area contributed by atoms with Crippen LogP contribution in [0.1, 0.15) is 39.2 Å². The molecule has 0 bridgehead atoms. The maximum absolute atomic E-state index is 12.1. The Bertz CT molecular complexity index is 462. The van der Waals surface area contributed by atoms with Crippen LogP contribution >= 0.6 is 0 Å². The van der Waals surface area contributed by atoms with E-state index >= 15 is 0 Å². The van der Waals surface area contributed by atoms with Gasteiger partial charge in [-0.25, -0.2) is 4.79 Å². The normalized spacial score (nSPS) is 11.1. The minimum absolute atomic E-state index is 0.0737. The first-order valence-electron chi connectivity index (χ1n) is 7.43.